The van der Waals surface area contributed by atoms with Crippen LogP contribution in [0.1, 0.15) is 35.0 Å². The van der Waals surface area contributed by atoms with Crippen molar-refractivity contribution < 1.29 is 19.1 Å². The van der Waals surface area contributed by atoms with Crippen LogP contribution in [0.2, 0.25) is 0 Å². The van der Waals surface area contributed by atoms with Gasteiger partial charge in [-0.05, 0) is 51.3 Å². The summed E-state index contributed by atoms with van der Waals surface area (Å²) in [7, 11) is 3.26. The zero-order valence-corrected chi connectivity index (χ0v) is 22.5. The molecule has 0 aliphatic rings. The minimum Gasteiger partial charge on any atom is -0.497 e. The van der Waals surface area contributed by atoms with E-state index in [0.29, 0.717) is 22.0 Å². The Hall–Kier alpha value is -2.23. The topological polar surface area (TPSA) is 68.7 Å². The molecule has 0 aliphatic carbocycles. The van der Waals surface area contributed by atoms with Crippen molar-refractivity contribution in [1.29, 1.82) is 0 Å². The molecule has 0 bridgehead atoms. The number of hydrogen-bond acceptors (Lipinski definition) is 7. The molecule has 0 aliphatic heterocycles. The maximum Gasteiger partial charge on any atom is 0.205 e. The largest absolute Gasteiger partial charge is 0.497 e. The van der Waals surface area contributed by atoms with E-state index < -0.39 is 4.83 Å². The highest BCUT2D eigenvalue weighted by atomic mass is 79.9. The van der Waals surface area contributed by atoms with Crippen LogP contribution in [-0.2, 0) is 17.9 Å². The average Bonchev–Trinajstić information content (AvgIpc) is 3.24. The summed E-state index contributed by atoms with van der Waals surface area (Å²) in [5, 5.41) is 0.701. The fraction of sp³-hybridized carbons (Fsp3) is 0.292. The van der Waals surface area contributed by atoms with Crippen LogP contribution in [0.5, 0.6) is 11.5 Å². The van der Waals surface area contributed by atoms with Gasteiger partial charge in [-0.2, -0.15) is 0 Å². The Balaban J connectivity index is 1.98. The highest BCUT2D eigenvalue weighted by Crippen LogP contribution is 2.36. The molecule has 1 unspecified atom stereocenters. The normalized spacial score (nSPS) is 11.7. The number of ether oxygens (including phenoxy) is 2. The number of halogens is 2. The van der Waals surface area contributed by atoms with E-state index in [-0.39, 0.29) is 23.7 Å². The predicted octanol–water partition coefficient (Wildman–Crippen LogP) is 6.05. The Labute approximate surface area is 214 Å². The summed E-state index contributed by atoms with van der Waals surface area (Å²) < 4.78 is 11.1. The first-order valence-corrected chi connectivity index (χ1v) is 12.8. The molecule has 0 fully saturated rings. The van der Waals surface area contributed by atoms with Crippen molar-refractivity contribution >= 4 is 59.8 Å². The molecule has 1 atom stereocenters. The van der Waals surface area contributed by atoms with Crippen LogP contribution in [0.25, 0.3) is 0 Å². The second kappa shape index (κ2) is 11.8. The lowest BCUT2D eigenvalue weighted by Crippen LogP contribution is -2.28. The van der Waals surface area contributed by atoms with E-state index in [4.69, 9.17) is 9.47 Å². The number of Topliss-reactive ketones (excluding diaryl/α,β-unsaturated/α-hetero) is 2. The zero-order valence-electron chi connectivity index (χ0n) is 18.5. The molecule has 0 radical (unpaired) electrons. The number of alkyl halides is 1. The van der Waals surface area contributed by atoms with Gasteiger partial charge in [-0.25, -0.2) is 4.98 Å². The van der Waals surface area contributed by atoms with Gasteiger partial charge in [0.05, 0.1) is 14.2 Å². The molecule has 1 heterocycles. The highest BCUT2D eigenvalue weighted by Gasteiger charge is 2.30. The quantitative estimate of drug-likeness (QED) is 0.153. The first-order chi connectivity index (χ1) is 15.9. The second-order valence-corrected chi connectivity index (χ2v) is 10.4. The van der Waals surface area contributed by atoms with Crippen LogP contribution in [-0.4, -0.2) is 35.6 Å². The molecule has 33 heavy (non-hydrogen) atoms. The SMILES string of the molecule is CCC(=O)C(Br)C(=O)c1nc(Br)sc1N(Cc1ccc(OC)cc1)Cc1ccc(OC)cc1. The number of methoxy groups -OCH3 is 2. The van der Waals surface area contributed by atoms with Crippen LogP contribution < -0.4 is 14.4 Å². The highest BCUT2D eigenvalue weighted by molar-refractivity contribution is 9.11. The number of rotatable bonds is 11. The number of carbonyl (C=O) groups is 2. The summed E-state index contributed by atoms with van der Waals surface area (Å²) >= 11 is 8.06. The van der Waals surface area contributed by atoms with Crippen molar-refractivity contribution in [3.8, 4) is 11.5 Å². The van der Waals surface area contributed by atoms with E-state index in [0.717, 1.165) is 22.6 Å². The van der Waals surface area contributed by atoms with E-state index >= 15 is 0 Å². The van der Waals surface area contributed by atoms with Crippen molar-refractivity contribution in [2.45, 2.75) is 31.3 Å². The lowest BCUT2D eigenvalue weighted by atomic mass is 10.1. The van der Waals surface area contributed by atoms with Crippen LogP contribution in [0.15, 0.2) is 52.4 Å². The third-order valence-corrected chi connectivity index (χ3v) is 7.52. The third-order valence-electron chi connectivity index (χ3n) is 5.03. The Kier molecular flexibility index (Phi) is 9.05. The summed E-state index contributed by atoms with van der Waals surface area (Å²) in [4.78, 5) is 30.9. The van der Waals surface area contributed by atoms with Crippen molar-refractivity contribution in [3.63, 3.8) is 0 Å². The van der Waals surface area contributed by atoms with Crippen molar-refractivity contribution in [3.05, 3.63) is 69.3 Å². The molecule has 0 saturated carbocycles. The smallest absolute Gasteiger partial charge is 0.205 e. The van der Waals surface area contributed by atoms with Gasteiger partial charge in [0.25, 0.3) is 0 Å². The number of aromatic nitrogens is 1. The lowest BCUT2D eigenvalue weighted by Gasteiger charge is -2.25. The van der Waals surface area contributed by atoms with Gasteiger partial charge in [-0.3, -0.25) is 9.59 Å². The first kappa shape index (κ1) is 25.4. The summed E-state index contributed by atoms with van der Waals surface area (Å²) in [6.45, 7) is 2.82. The van der Waals surface area contributed by atoms with Gasteiger partial charge in [-0.1, -0.05) is 58.5 Å². The monoisotopic (exact) mass is 594 g/mol. The molecule has 3 rings (SSSR count). The van der Waals surface area contributed by atoms with Crippen LogP contribution in [0, 0.1) is 0 Å². The molecular weight excluding hydrogens is 572 g/mol. The molecule has 1 aromatic heterocycles. The van der Waals surface area contributed by atoms with Gasteiger partial charge in [0.1, 0.15) is 27.0 Å². The van der Waals surface area contributed by atoms with Crippen LogP contribution in [0.4, 0.5) is 5.00 Å². The standard InChI is InChI=1S/C24H24Br2N2O4S/c1-4-19(29)20(25)22(30)21-23(33-24(26)27-21)28(13-15-5-9-17(31-2)10-6-15)14-16-7-11-18(32-3)12-8-16/h5-12,20H,4,13-14H2,1-3H3. The minimum absolute atomic E-state index is 0.174. The van der Waals surface area contributed by atoms with E-state index in [9.17, 15) is 9.59 Å². The fourth-order valence-electron chi connectivity index (χ4n) is 3.21. The average molecular weight is 596 g/mol. The Morgan fingerprint density at radius 1 is 0.970 bits per heavy atom. The van der Waals surface area contributed by atoms with Gasteiger partial charge in [0, 0.05) is 19.5 Å². The number of ketones is 2. The second-order valence-electron chi connectivity index (χ2n) is 7.22. The Morgan fingerprint density at radius 3 is 1.88 bits per heavy atom. The molecule has 0 N–H and O–H groups in total. The number of nitrogens with zero attached hydrogens (tertiary/aromatic N) is 2. The lowest BCUT2D eigenvalue weighted by molar-refractivity contribution is -0.117. The molecule has 2 aromatic carbocycles. The molecule has 0 spiro atoms. The molecule has 174 valence electrons. The number of benzene rings is 2. The molecule has 0 saturated heterocycles. The molecule has 0 amide bonds. The van der Waals surface area contributed by atoms with Crippen molar-refractivity contribution in [2.75, 3.05) is 19.1 Å². The summed E-state index contributed by atoms with van der Waals surface area (Å²) in [5.74, 6) is 1.04. The van der Waals surface area contributed by atoms with Crippen molar-refractivity contribution in [2.24, 2.45) is 0 Å². The van der Waals surface area contributed by atoms with Gasteiger partial charge in [0.2, 0.25) is 5.78 Å². The fourth-order valence-corrected chi connectivity index (χ4v) is 5.18. The number of thiazole rings is 1. The maximum absolute atomic E-state index is 13.2. The predicted molar refractivity (Wildman–Crippen MR) is 138 cm³/mol. The Morgan fingerprint density at radius 2 is 1.45 bits per heavy atom. The van der Waals surface area contributed by atoms with Gasteiger partial charge in [-0.15, -0.1) is 0 Å². The number of anilines is 1. The molecular formula is C24H24Br2N2O4S. The molecule has 6 nitrogen and oxygen atoms in total. The maximum atomic E-state index is 13.2. The summed E-state index contributed by atoms with van der Waals surface area (Å²) in [6, 6.07) is 15.6. The zero-order chi connectivity index (χ0) is 24.0. The molecule has 3 aromatic rings. The first-order valence-electron chi connectivity index (χ1n) is 10.2. The number of hydrogen-bond donors (Lipinski definition) is 0. The van der Waals surface area contributed by atoms with Gasteiger partial charge < -0.3 is 14.4 Å². The summed E-state index contributed by atoms with van der Waals surface area (Å²) in [6.07, 6.45) is 0.268. The summed E-state index contributed by atoms with van der Waals surface area (Å²) in [5.41, 5.74) is 2.37. The van der Waals surface area contributed by atoms with E-state index in [1.165, 1.54) is 11.3 Å². The Bertz CT molecular complexity index is 1050. The third kappa shape index (κ3) is 6.43. The molecule has 9 heteroatoms. The van der Waals surface area contributed by atoms with E-state index in [1.807, 2.05) is 48.5 Å². The van der Waals surface area contributed by atoms with E-state index in [2.05, 4.69) is 41.7 Å². The number of carbonyl (C=O) groups excluding carboxylic acids is 2. The van der Waals surface area contributed by atoms with E-state index in [1.54, 1.807) is 21.1 Å². The van der Waals surface area contributed by atoms with Gasteiger partial charge in [0.15, 0.2) is 9.70 Å². The minimum atomic E-state index is -0.918. The van der Waals surface area contributed by atoms with Gasteiger partial charge >= 0.3 is 0 Å². The van der Waals surface area contributed by atoms with Crippen molar-refractivity contribution in [1.82, 2.24) is 4.98 Å². The van der Waals surface area contributed by atoms with Crippen LogP contribution in [0.3, 0.4) is 0 Å². The van der Waals surface area contributed by atoms with Crippen LogP contribution >= 0.6 is 43.2 Å².